The number of rotatable bonds is 8. The molecule has 44 heavy (non-hydrogen) atoms. The summed E-state index contributed by atoms with van der Waals surface area (Å²) in [5.41, 5.74) is 4.42. The highest BCUT2D eigenvalue weighted by atomic mass is 32.2. The summed E-state index contributed by atoms with van der Waals surface area (Å²) >= 11 is 0. The molecule has 4 aliphatic rings. The number of benzene rings is 2. The smallest absolute Gasteiger partial charge is 0.265 e. The molecule has 0 radical (unpaired) electrons. The SMILES string of the molecule is CC1(C)C2CCC1(CS(=O)(=O)O)C(=O)C2.[O-]c1nc2c(c3ccccc13)Cc1cc(NCCCCN3CCOCC3)ccc1-2. The molecule has 2 unspecified atom stereocenters. The summed E-state index contributed by atoms with van der Waals surface area (Å²) in [6.07, 6.45) is 5.16. The molecule has 236 valence electrons. The molecule has 2 heterocycles. The molecule has 9 nitrogen and oxygen atoms in total. The number of ketones is 1. The van der Waals surface area contributed by atoms with Gasteiger partial charge in [0.1, 0.15) is 5.78 Å². The molecule has 2 N–H and O–H groups in total. The third kappa shape index (κ3) is 5.85. The zero-order valence-electron chi connectivity index (χ0n) is 25.6. The van der Waals surface area contributed by atoms with Crippen molar-refractivity contribution >= 4 is 32.4 Å². The van der Waals surface area contributed by atoms with Gasteiger partial charge in [0.15, 0.2) is 0 Å². The lowest BCUT2D eigenvalue weighted by molar-refractivity contribution is -0.272. The highest BCUT2D eigenvalue weighted by Gasteiger charge is 2.65. The molecule has 2 saturated carbocycles. The van der Waals surface area contributed by atoms with Gasteiger partial charge in [-0.2, -0.15) is 8.42 Å². The van der Waals surface area contributed by atoms with Crippen LogP contribution in [0.15, 0.2) is 42.5 Å². The van der Waals surface area contributed by atoms with Crippen LogP contribution in [0.25, 0.3) is 22.0 Å². The van der Waals surface area contributed by atoms with E-state index in [4.69, 9.17) is 9.29 Å². The monoisotopic (exact) mass is 620 g/mol. The molecule has 2 aromatic carbocycles. The number of carbonyl (C=O) groups excluding carboxylic acids is 1. The minimum Gasteiger partial charge on any atom is -0.858 e. The second-order valence-corrected chi connectivity index (χ2v) is 14.8. The third-order valence-corrected chi connectivity index (χ3v) is 11.5. The lowest BCUT2D eigenvalue weighted by Crippen LogP contribution is -2.42. The molecule has 1 aromatic heterocycles. The normalized spacial score (nSPS) is 23.7. The van der Waals surface area contributed by atoms with Crippen molar-refractivity contribution in [2.75, 3.05) is 50.5 Å². The van der Waals surface area contributed by atoms with Gasteiger partial charge in [-0.15, -0.1) is 0 Å². The Labute approximate surface area is 259 Å². The van der Waals surface area contributed by atoms with Crippen molar-refractivity contribution in [1.82, 2.24) is 9.88 Å². The third-order valence-electron chi connectivity index (χ3n) is 10.6. The number of Topliss-reactive ketones (excluding diaryl/α,β-unsaturated/α-hetero) is 1. The maximum atomic E-state index is 12.4. The molecular weight excluding hydrogens is 578 g/mol. The van der Waals surface area contributed by atoms with Gasteiger partial charge in [0.2, 0.25) is 0 Å². The Morgan fingerprint density at radius 3 is 2.55 bits per heavy atom. The summed E-state index contributed by atoms with van der Waals surface area (Å²) in [6, 6.07) is 14.2. The van der Waals surface area contributed by atoms with Crippen molar-refractivity contribution in [1.29, 1.82) is 0 Å². The van der Waals surface area contributed by atoms with Crippen molar-refractivity contribution in [3.8, 4) is 17.1 Å². The van der Waals surface area contributed by atoms with E-state index in [1.54, 1.807) is 0 Å². The van der Waals surface area contributed by atoms with Gasteiger partial charge in [-0.1, -0.05) is 44.2 Å². The topological polar surface area (TPSA) is 132 Å². The molecule has 2 bridgehead atoms. The van der Waals surface area contributed by atoms with Gasteiger partial charge >= 0.3 is 0 Å². The van der Waals surface area contributed by atoms with Crippen LogP contribution in [0.1, 0.15) is 57.1 Å². The van der Waals surface area contributed by atoms with E-state index in [1.807, 2.05) is 38.1 Å². The van der Waals surface area contributed by atoms with E-state index in [-0.39, 0.29) is 23.0 Å². The summed E-state index contributed by atoms with van der Waals surface area (Å²) in [5.74, 6) is -0.231. The van der Waals surface area contributed by atoms with Crippen molar-refractivity contribution in [3.63, 3.8) is 0 Å². The zero-order chi connectivity index (χ0) is 31.1. The largest absolute Gasteiger partial charge is 0.858 e. The van der Waals surface area contributed by atoms with Crippen LogP contribution in [0.2, 0.25) is 0 Å². The predicted molar refractivity (Wildman–Crippen MR) is 169 cm³/mol. The van der Waals surface area contributed by atoms with Crippen LogP contribution >= 0.6 is 0 Å². The highest BCUT2D eigenvalue weighted by Crippen LogP contribution is 2.64. The number of unbranched alkanes of at least 4 members (excludes halogenated alkanes) is 1. The number of nitrogens with zero attached hydrogens (tertiary/aromatic N) is 2. The van der Waals surface area contributed by atoms with Gasteiger partial charge in [0, 0.05) is 43.7 Å². The van der Waals surface area contributed by atoms with Crippen molar-refractivity contribution in [2.24, 2.45) is 16.7 Å². The average Bonchev–Trinajstić information content (AvgIpc) is 3.53. The standard InChI is InChI=1S/C24H27N3O2.C10H16O4S/c28-24-21-6-2-1-5-20(21)22-16-17-15-18(7-8-19(17)23(22)26-24)25-9-3-4-10-27-11-13-29-14-12-27;1-9(2)7-3-4-10(9,8(11)5-7)6-15(12,13)14/h1-2,5-8,15,25H,3-4,9-14,16H2,(H,26,28);7H,3-6H2,1-2H3,(H,12,13,14)/p-1. The van der Waals surface area contributed by atoms with Crippen LogP contribution in [-0.4, -0.2) is 73.8 Å². The molecule has 1 saturated heterocycles. The molecule has 1 aliphatic heterocycles. The number of morpholine rings is 1. The van der Waals surface area contributed by atoms with Crippen molar-refractivity contribution < 1.29 is 27.6 Å². The molecule has 3 aliphatic carbocycles. The van der Waals surface area contributed by atoms with E-state index in [0.717, 1.165) is 86.4 Å². The van der Waals surface area contributed by atoms with Gasteiger partial charge in [-0.05, 0) is 83.5 Å². The number of anilines is 1. The van der Waals surface area contributed by atoms with E-state index in [2.05, 4.69) is 33.4 Å². The van der Waals surface area contributed by atoms with E-state index in [1.165, 1.54) is 17.5 Å². The molecule has 0 amide bonds. The first-order valence-corrected chi connectivity index (χ1v) is 17.3. The number of ether oxygens (including phenoxy) is 1. The molecule has 7 rings (SSSR count). The quantitative estimate of drug-likeness (QED) is 0.213. The summed E-state index contributed by atoms with van der Waals surface area (Å²) < 4.78 is 36.4. The average molecular weight is 621 g/mol. The van der Waals surface area contributed by atoms with Crippen molar-refractivity contribution in [3.05, 3.63) is 53.6 Å². The van der Waals surface area contributed by atoms with Gasteiger partial charge in [0.25, 0.3) is 10.1 Å². The summed E-state index contributed by atoms with van der Waals surface area (Å²) in [4.78, 5) is 18.8. The Kier molecular flexibility index (Phi) is 8.47. The van der Waals surface area contributed by atoms with E-state index in [9.17, 15) is 18.3 Å². The molecular formula is C34H42N3O6S-. The summed E-state index contributed by atoms with van der Waals surface area (Å²) in [7, 11) is -4.08. The van der Waals surface area contributed by atoms with Crippen LogP contribution in [0, 0.1) is 16.7 Å². The number of fused-ring (bicyclic) bond motifs is 7. The van der Waals surface area contributed by atoms with Gasteiger partial charge in [0.05, 0.1) is 30.1 Å². The lowest BCUT2D eigenvalue weighted by atomic mass is 9.70. The molecule has 3 fully saturated rings. The fourth-order valence-electron chi connectivity index (χ4n) is 7.90. The summed E-state index contributed by atoms with van der Waals surface area (Å²) in [6.45, 7) is 9.88. The Morgan fingerprint density at radius 1 is 1.11 bits per heavy atom. The van der Waals surface area contributed by atoms with E-state index >= 15 is 0 Å². The van der Waals surface area contributed by atoms with Gasteiger partial charge in [-0.25, -0.2) is 0 Å². The van der Waals surface area contributed by atoms with Crippen LogP contribution < -0.4 is 10.4 Å². The Bertz CT molecular complexity index is 1670. The van der Waals surface area contributed by atoms with Gasteiger partial charge in [-0.3, -0.25) is 19.2 Å². The number of carbonyl (C=O) groups is 1. The van der Waals surface area contributed by atoms with Crippen LogP contribution in [0.3, 0.4) is 0 Å². The first-order valence-electron chi connectivity index (χ1n) is 15.7. The number of hydrogen-bond acceptors (Lipinski definition) is 8. The number of hydrogen-bond donors (Lipinski definition) is 2. The van der Waals surface area contributed by atoms with Crippen LogP contribution in [0.5, 0.6) is 5.88 Å². The minimum atomic E-state index is -4.08. The van der Waals surface area contributed by atoms with E-state index < -0.39 is 21.3 Å². The fourth-order valence-corrected chi connectivity index (χ4v) is 9.20. The second-order valence-electron chi connectivity index (χ2n) is 13.3. The second kappa shape index (κ2) is 12.0. The molecule has 10 heteroatoms. The van der Waals surface area contributed by atoms with Gasteiger partial charge < -0.3 is 15.2 Å². The van der Waals surface area contributed by atoms with Crippen molar-refractivity contribution in [2.45, 2.75) is 52.4 Å². The maximum Gasteiger partial charge on any atom is 0.265 e. The molecule has 2 atom stereocenters. The molecule has 3 aromatic rings. The highest BCUT2D eigenvalue weighted by molar-refractivity contribution is 7.85. The molecule has 0 spiro atoms. The maximum absolute atomic E-state index is 12.4. The van der Waals surface area contributed by atoms with Crippen LogP contribution in [0.4, 0.5) is 5.69 Å². The number of pyridine rings is 1. The Hall–Kier alpha value is -3.05. The Balaban J connectivity index is 0.000000193. The summed E-state index contributed by atoms with van der Waals surface area (Å²) in [5, 5.41) is 17.7. The number of nitrogens with one attached hydrogen (secondary N) is 1. The van der Waals surface area contributed by atoms with Crippen LogP contribution in [-0.2, 0) is 26.1 Å². The number of aromatic nitrogens is 1. The first-order chi connectivity index (χ1) is 21.0. The first kappa shape index (κ1) is 31.0. The predicted octanol–water partition coefficient (Wildman–Crippen LogP) is 4.67. The minimum absolute atomic E-state index is 0.0152. The fraction of sp³-hybridized carbons (Fsp3) is 0.529. The Morgan fingerprint density at radius 2 is 1.86 bits per heavy atom. The lowest BCUT2D eigenvalue weighted by Gasteiger charge is -2.35. The zero-order valence-corrected chi connectivity index (χ0v) is 26.4. The van der Waals surface area contributed by atoms with E-state index in [0.29, 0.717) is 12.8 Å².